The zero-order valence-electron chi connectivity index (χ0n) is 23.9. The standard InChI is InChI=1S/C34H45FN2O2/c1-3-5-7-9-11-13-15-17-28-20-23-33(30(35)24-28)39-34(38)32-26-36-31(25-37-32)29-21-18-27(19-22-29)16-14-12-10-8-6-4-2/h18-26H,3-17H2,1-2H3. The topological polar surface area (TPSA) is 52.1 Å². The highest BCUT2D eigenvalue weighted by Gasteiger charge is 2.15. The highest BCUT2D eigenvalue weighted by molar-refractivity contribution is 5.88. The third kappa shape index (κ3) is 10.9. The molecule has 0 saturated heterocycles. The Morgan fingerprint density at radius 1 is 0.692 bits per heavy atom. The van der Waals surface area contributed by atoms with Gasteiger partial charge in [0.2, 0.25) is 0 Å². The molecule has 3 aromatic rings. The van der Waals surface area contributed by atoms with Crippen molar-refractivity contribution in [1.82, 2.24) is 9.97 Å². The van der Waals surface area contributed by atoms with Crippen molar-refractivity contribution >= 4 is 5.97 Å². The molecule has 0 unspecified atom stereocenters. The molecule has 0 atom stereocenters. The number of rotatable bonds is 18. The molecular formula is C34H45FN2O2. The van der Waals surface area contributed by atoms with Crippen molar-refractivity contribution in [3.63, 3.8) is 0 Å². The van der Waals surface area contributed by atoms with Gasteiger partial charge in [-0.15, -0.1) is 0 Å². The first-order chi connectivity index (χ1) is 19.1. The van der Waals surface area contributed by atoms with E-state index in [-0.39, 0.29) is 11.4 Å². The van der Waals surface area contributed by atoms with Gasteiger partial charge in [-0.05, 0) is 48.9 Å². The SMILES string of the molecule is CCCCCCCCCc1ccc(OC(=O)c2cnc(-c3ccc(CCCCCCCC)cc3)cn2)c(F)c1. The summed E-state index contributed by atoms with van der Waals surface area (Å²) in [5, 5.41) is 0. The van der Waals surface area contributed by atoms with E-state index in [0.717, 1.165) is 36.8 Å². The van der Waals surface area contributed by atoms with Gasteiger partial charge in [0, 0.05) is 5.56 Å². The van der Waals surface area contributed by atoms with Gasteiger partial charge in [-0.2, -0.15) is 0 Å². The van der Waals surface area contributed by atoms with Crippen LogP contribution in [0.15, 0.2) is 54.9 Å². The first-order valence-corrected chi connectivity index (χ1v) is 15.0. The monoisotopic (exact) mass is 532 g/mol. The summed E-state index contributed by atoms with van der Waals surface area (Å²) >= 11 is 0. The number of ether oxygens (including phenoxy) is 1. The van der Waals surface area contributed by atoms with Gasteiger partial charge in [0.15, 0.2) is 17.3 Å². The molecule has 2 aromatic carbocycles. The summed E-state index contributed by atoms with van der Waals surface area (Å²) < 4.78 is 19.9. The summed E-state index contributed by atoms with van der Waals surface area (Å²) in [4.78, 5) is 21.2. The molecule has 0 aliphatic heterocycles. The number of benzene rings is 2. The van der Waals surface area contributed by atoms with E-state index < -0.39 is 11.8 Å². The molecule has 3 rings (SSSR count). The van der Waals surface area contributed by atoms with Crippen molar-refractivity contribution in [3.05, 3.63) is 77.5 Å². The van der Waals surface area contributed by atoms with E-state index in [2.05, 4.69) is 35.9 Å². The first-order valence-electron chi connectivity index (χ1n) is 15.0. The average Bonchev–Trinajstić information content (AvgIpc) is 2.96. The van der Waals surface area contributed by atoms with Crippen molar-refractivity contribution in [1.29, 1.82) is 0 Å². The van der Waals surface area contributed by atoms with Crippen LogP contribution in [0, 0.1) is 5.82 Å². The smallest absolute Gasteiger partial charge is 0.364 e. The van der Waals surface area contributed by atoms with Gasteiger partial charge in [0.05, 0.1) is 18.1 Å². The lowest BCUT2D eigenvalue weighted by Gasteiger charge is -2.08. The lowest BCUT2D eigenvalue weighted by molar-refractivity contribution is 0.0721. The van der Waals surface area contributed by atoms with Gasteiger partial charge >= 0.3 is 5.97 Å². The number of esters is 1. The van der Waals surface area contributed by atoms with Gasteiger partial charge in [0.25, 0.3) is 0 Å². The second kappa shape index (κ2) is 17.5. The Morgan fingerprint density at radius 3 is 1.82 bits per heavy atom. The van der Waals surface area contributed by atoms with Crippen molar-refractivity contribution in [2.24, 2.45) is 0 Å². The molecule has 0 spiro atoms. The molecule has 5 heteroatoms. The number of carbonyl (C=O) groups excluding carboxylic acids is 1. The zero-order chi connectivity index (χ0) is 27.7. The Kier molecular flexibility index (Phi) is 13.7. The van der Waals surface area contributed by atoms with Crippen LogP contribution in [0.1, 0.15) is 119 Å². The van der Waals surface area contributed by atoms with Gasteiger partial charge in [-0.3, -0.25) is 4.98 Å². The Hall–Kier alpha value is -3.08. The van der Waals surface area contributed by atoms with Crippen LogP contribution in [0.2, 0.25) is 0 Å². The normalized spacial score (nSPS) is 11.1. The van der Waals surface area contributed by atoms with Gasteiger partial charge < -0.3 is 4.74 Å². The molecule has 1 heterocycles. The minimum Gasteiger partial charge on any atom is -0.419 e. The number of aryl methyl sites for hydroxylation is 2. The van der Waals surface area contributed by atoms with Crippen molar-refractivity contribution in [2.45, 2.75) is 110 Å². The summed E-state index contributed by atoms with van der Waals surface area (Å²) in [6, 6.07) is 13.2. The quantitative estimate of drug-likeness (QED) is 0.0929. The van der Waals surface area contributed by atoms with Crippen molar-refractivity contribution in [2.75, 3.05) is 0 Å². The molecule has 0 radical (unpaired) electrons. The zero-order valence-corrected chi connectivity index (χ0v) is 23.9. The lowest BCUT2D eigenvalue weighted by atomic mass is 10.0. The molecule has 0 bridgehead atoms. The first kappa shape index (κ1) is 30.5. The fourth-order valence-electron chi connectivity index (χ4n) is 4.76. The molecule has 210 valence electrons. The molecular weight excluding hydrogens is 487 g/mol. The minimum atomic E-state index is -0.720. The molecule has 4 nitrogen and oxygen atoms in total. The number of halogens is 1. The Labute approximate surface area is 234 Å². The number of unbranched alkanes of at least 4 members (excludes halogenated alkanes) is 11. The van der Waals surface area contributed by atoms with Gasteiger partial charge in [0.1, 0.15) is 0 Å². The molecule has 0 N–H and O–H groups in total. The summed E-state index contributed by atoms with van der Waals surface area (Å²) in [5.74, 6) is -1.34. The van der Waals surface area contributed by atoms with Crippen LogP contribution in [0.4, 0.5) is 4.39 Å². The Bertz CT molecular complexity index is 1110. The summed E-state index contributed by atoms with van der Waals surface area (Å²) in [7, 11) is 0. The third-order valence-corrected chi connectivity index (χ3v) is 7.20. The summed E-state index contributed by atoms with van der Waals surface area (Å²) in [6.45, 7) is 4.46. The highest BCUT2D eigenvalue weighted by Crippen LogP contribution is 2.22. The average molecular weight is 533 g/mol. The van der Waals surface area contributed by atoms with E-state index in [4.69, 9.17) is 4.74 Å². The molecule has 0 aliphatic rings. The van der Waals surface area contributed by atoms with Crippen LogP contribution >= 0.6 is 0 Å². The number of nitrogens with zero attached hydrogens (tertiary/aromatic N) is 2. The van der Waals surface area contributed by atoms with E-state index in [1.54, 1.807) is 6.20 Å². The van der Waals surface area contributed by atoms with Gasteiger partial charge in [-0.1, -0.05) is 115 Å². The van der Waals surface area contributed by atoms with Crippen LogP contribution in [-0.2, 0) is 12.8 Å². The maximum atomic E-state index is 14.6. The summed E-state index contributed by atoms with van der Waals surface area (Å²) in [5.41, 5.74) is 3.90. The van der Waals surface area contributed by atoms with Crippen LogP contribution in [0.5, 0.6) is 5.75 Å². The fourth-order valence-corrected chi connectivity index (χ4v) is 4.76. The number of hydrogen-bond donors (Lipinski definition) is 0. The van der Waals surface area contributed by atoms with Crippen LogP contribution in [0.25, 0.3) is 11.3 Å². The largest absolute Gasteiger partial charge is 0.419 e. The minimum absolute atomic E-state index is 0.0463. The molecule has 0 amide bonds. The maximum Gasteiger partial charge on any atom is 0.364 e. The Morgan fingerprint density at radius 2 is 1.26 bits per heavy atom. The maximum absolute atomic E-state index is 14.6. The predicted octanol–water partition coefficient (Wildman–Crippen LogP) is 9.70. The van der Waals surface area contributed by atoms with Crippen LogP contribution in [0.3, 0.4) is 0 Å². The molecule has 39 heavy (non-hydrogen) atoms. The van der Waals surface area contributed by atoms with E-state index in [9.17, 15) is 9.18 Å². The second-order valence-corrected chi connectivity index (χ2v) is 10.5. The van der Waals surface area contributed by atoms with Crippen molar-refractivity contribution < 1.29 is 13.9 Å². The second-order valence-electron chi connectivity index (χ2n) is 10.5. The van der Waals surface area contributed by atoms with E-state index in [1.807, 2.05) is 18.2 Å². The van der Waals surface area contributed by atoms with E-state index in [1.165, 1.54) is 94.5 Å². The molecule has 0 saturated carbocycles. The Balaban J connectivity index is 1.45. The van der Waals surface area contributed by atoms with Crippen LogP contribution in [-0.4, -0.2) is 15.9 Å². The predicted molar refractivity (Wildman–Crippen MR) is 158 cm³/mol. The number of hydrogen-bond acceptors (Lipinski definition) is 4. The van der Waals surface area contributed by atoms with Crippen LogP contribution < -0.4 is 4.74 Å². The fraction of sp³-hybridized carbons (Fsp3) is 0.500. The summed E-state index contributed by atoms with van der Waals surface area (Å²) in [6.07, 6.45) is 21.1. The molecule has 1 aromatic heterocycles. The number of carbonyl (C=O) groups is 1. The highest BCUT2D eigenvalue weighted by atomic mass is 19.1. The van der Waals surface area contributed by atoms with Gasteiger partial charge in [-0.25, -0.2) is 14.2 Å². The van der Waals surface area contributed by atoms with E-state index >= 15 is 0 Å². The van der Waals surface area contributed by atoms with Crippen molar-refractivity contribution in [3.8, 4) is 17.0 Å². The number of aromatic nitrogens is 2. The third-order valence-electron chi connectivity index (χ3n) is 7.20. The van der Waals surface area contributed by atoms with E-state index in [0.29, 0.717) is 5.69 Å². The molecule has 0 aliphatic carbocycles. The lowest BCUT2D eigenvalue weighted by Crippen LogP contribution is -2.12. The molecule has 0 fully saturated rings.